The molecule has 1 aromatic heterocycles. The number of likely N-dealkylation sites (tertiary alicyclic amines) is 1. The van der Waals surface area contributed by atoms with E-state index in [1.54, 1.807) is 0 Å². The normalized spacial score (nSPS) is 28.2. The van der Waals surface area contributed by atoms with Gasteiger partial charge in [-0.3, -0.25) is 24.3 Å². The molecule has 0 spiro atoms. The standard InChI is InChI=1S/C43H58ClN5O9/c44-38-36(56-17-14-48-12-15-55-16-13-48)11-10-31-37(23-34(25-8-9-25)46-39(31)38)57-30-22-35(40(45)50)49(24-30)41(51)33(47-43(54)58-29-19-27-18-28(27)20-29)7-5-3-1-2-4-6-26-21-32(26)42(52)53/h10-11,23,25-30,32-33,35H,1-9,12-22,24H2,(H2,45,50)(H,47,54)(H,52,53)/t26-,27-,28+,29+,30?,32+,33+,35+/m1/s1. The Morgan fingerprint density at radius 2 is 1.72 bits per heavy atom. The number of aliphatic carboxylic acids is 1. The van der Waals surface area contributed by atoms with Gasteiger partial charge in [-0.25, -0.2) is 4.79 Å². The van der Waals surface area contributed by atoms with Crippen molar-refractivity contribution < 1.29 is 43.2 Å². The molecular weight excluding hydrogens is 766 g/mol. The van der Waals surface area contributed by atoms with E-state index in [0.717, 1.165) is 103 Å². The fraction of sp³-hybridized carbons (Fsp3) is 0.698. The van der Waals surface area contributed by atoms with Gasteiger partial charge in [-0.05, 0) is 81.3 Å². The number of halogens is 1. The zero-order chi connectivity index (χ0) is 40.3. The van der Waals surface area contributed by atoms with E-state index in [1.165, 1.54) is 11.3 Å². The number of hydrogen-bond donors (Lipinski definition) is 3. The molecule has 6 aliphatic rings. The van der Waals surface area contributed by atoms with Crippen LogP contribution >= 0.6 is 11.6 Å². The predicted octanol–water partition coefficient (Wildman–Crippen LogP) is 5.65. The van der Waals surface area contributed by atoms with Gasteiger partial charge < -0.3 is 40.0 Å². The van der Waals surface area contributed by atoms with Crippen molar-refractivity contribution in [2.75, 3.05) is 46.0 Å². The predicted molar refractivity (Wildman–Crippen MR) is 215 cm³/mol. The van der Waals surface area contributed by atoms with E-state index in [0.29, 0.717) is 70.5 Å². The number of aromatic nitrogens is 1. The summed E-state index contributed by atoms with van der Waals surface area (Å²) in [6, 6.07) is 3.86. The third kappa shape index (κ3) is 10.1. The molecule has 6 fully saturated rings. The number of pyridine rings is 1. The van der Waals surface area contributed by atoms with Crippen LogP contribution in [0.3, 0.4) is 0 Å². The zero-order valence-corrected chi connectivity index (χ0v) is 34.0. The van der Waals surface area contributed by atoms with Crippen LogP contribution in [0.1, 0.15) is 102 Å². The molecule has 4 saturated carbocycles. The van der Waals surface area contributed by atoms with Gasteiger partial charge in [0, 0.05) is 49.1 Å². The molecule has 0 radical (unpaired) electrons. The van der Waals surface area contributed by atoms with Gasteiger partial charge in [0.15, 0.2) is 0 Å². The van der Waals surface area contributed by atoms with Gasteiger partial charge in [-0.2, -0.15) is 0 Å². The van der Waals surface area contributed by atoms with Crippen molar-refractivity contribution in [2.24, 2.45) is 29.4 Å². The number of rotatable bonds is 20. The average Bonchev–Trinajstić information content (AvgIpc) is 4.16. The Kier molecular flexibility index (Phi) is 12.8. The number of amides is 3. The van der Waals surface area contributed by atoms with E-state index in [2.05, 4.69) is 10.2 Å². The lowest BCUT2D eigenvalue weighted by Crippen LogP contribution is -2.53. The van der Waals surface area contributed by atoms with E-state index in [9.17, 15) is 24.3 Å². The fourth-order valence-corrected chi connectivity index (χ4v) is 9.67. The molecule has 316 valence electrons. The van der Waals surface area contributed by atoms with Gasteiger partial charge in [0.2, 0.25) is 11.8 Å². The fourth-order valence-electron chi connectivity index (χ4n) is 9.41. The van der Waals surface area contributed by atoms with E-state index in [-0.39, 0.29) is 30.9 Å². The second-order valence-corrected chi connectivity index (χ2v) is 17.9. The number of benzene rings is 1. The molecule has 15 heteroatoms. The Hall–Kier alpha value is -3.88. The molecule has 1 aromatic carbocycles. The van der Waals surface area contributed by atoms with Crippen LogP contribution in [0.4, 0.5) is 4.79 Å². The lowest BCUT2D eigenvalue weighted by Gasteiger charge is -2.28. The first-order valence-corrected chi connectivity index (χ1v) is 22.0. The SMILES string of the molecule is NC(=O)[C@@H]1CC(Oc2cc(C3CC3)nc3c(Cl)c(OCCN4CCOCC4)ccc23)CN1C(=O)[C@H](CCCCCCC[C@@H]1C[C@@H]1C(=O)O)NC(=O)O[C@@H]1C[C@@H]2C[C@@H]2C1. The number of carboxylic acids is 1. The van der Waals surface area contributed by atoms with Crippen LogP contribution in [-0.4, -0.2) is 114 Å². The first-order valence-electron chi connectivity index (χ1n) is 21.6. The van der Waals surface area contributed by atoms with Crippen LogP contribution in [0.25, 0.3) is 10.9 Å². The third-order valence-corrected chi connectivity index (χ3v) is 13.5. The Balaban J connectivity index is 0.919. The molecular formula is C43H58ClN5O9. The molecule has 4 aliphatic carbocycles. The molecule has 8 atom stereocenters. The minimum absolute atomic E-state index is 0.114. The molecule has 2 aromatic rings. The summed E-state index contributed by atoms with van der Waals surface area (Å²) in [5, 5.41) is 13.2. The van der Waals surface area contributed by atoms with Crippen LogP contribution in [0.15, 0.2) is 18.2 Å². The highest BCUT2D eigenvalue weighted by Gasteiger charge is 2.48. The second kappa shape index (κ2) is 18.2. The summed E-state index contributed by atoms with van der Waals surface area (Å²) < 4.78 is 24.0. The van der Waals surface area contributed by atoms with Crippen LogP contribution in [0.2, 0.25) is 5.02 Å². The smallest absolute Gasteiger partial charge is 0.408 e. The van der Waals surface area contributed by atoms with Gasteiger partial charge >= 0.3 is 12.1 Å². The number of hydrogen-bond acceptors (Lipinski definition) is 10. The second-order valence-electron chi connectivity index (χ2n) is 17.5. The molecule has 2 aliphatic heterocycles. The molecule has 1 unspecified atom stereocenters. The van der Waals surface area contributed by atoms with Crippen molar-refractivity contribution in [3.8, 4) is 11.5 Å². The minimum atomic E-state index is -0.914. The summed E-state index contributed by atoms with van der Waals surface area (Å²) in [6.45, 7) is 4.52. The molecule has 2 saturated heterocycles. The largest absolute Gasteiger partial charge is 0.491 e. The number of ether oxygens (including phenoxy) is 4. The van der Waals surface area contributed by atoms with Gasteiger partial charge in [-0.1, -0.05) is 43.7 Å². The number of carbonyl (C=O) groups is 4. The molecule has 14 nitrogen and oxygen atoms in total. The van der Waals surface area contributed by atoms with Gasteiger partial charge in [0.05, 0.1) is 31.2 Å². The summed E-state index contributed by atoms with van der Waals surface area (Å²) in [4.78, 5) is 60.3. The van der Waals surface area contributed by atoms with Crippen molar-refractivity contribution >= 4 is 46.4 Å². The summed E-state index contributed by atoms with van der Waals surface area (Å²) >= 11 is 6.97. The number of nitrogens with two attached hydrogens (primary N) is 1. The number of primary amides is 1. The van der Waals surface area contributed by atoms with Crippen molar-refractivity contribution in [3.05, 3.63) is 28.9 Å². The summed E-state index contributed by atoms with van der Waals surface area (Å²) in [5.74, 6) is 1.11. The molecule has 0 bridgehead atoms. The highest BCUT2D eigenvalue weighted by Crippen LogP contribution is 2.52. The maximum absolute atomic E-state index is 14.4. The lowest BCUT2D eigenvalue weighted by atomic mass is 10.0. The molecule has 58 heavy (non-hydrogen) atoms. The summed E-state index contributed by atoms with van der Waals surface area (Å²) in [7, 11) is 0. The number of alkyl carbamates (subject to hydrolysis) is 1. The first kappa shape index (κ1) is 40.9. The average molecular weight is 824 g/mol. The molecule has 3 amide bonds. The molecule has 3 heterocycles. The summed E-state index contributed by atoms with van der Waals surface area (Å²) in [6.07, 6.45) is 10.4. The number of carbonyl (C=O) groups excluding carboxylic acids is 3. The van der Waals surface area contributed by atoms with E-state index < -0.39 is 36.2 Å². The summed E-state index contributed by atoms with van der Waals surface area (Å²) in [5.41, 5.74) is 7.40. The highest BCUT2D eigenvalue weighted by molar-refractivity contribution is 6.36. The maximum Gasteiger partial charge on any atom is 0.408 e. The minimum Gasteiger partial charge on any atom is -0.491 e. The van der Waals surface area contributed by atoms with Crippen LogP contribution in [0.5, 0.6) is 11.5 Å². The van der Waals surface area contributed by atoms with Gasteiger partial charge in [0.25, 0.3) is 0 Å². The Morgan fingerprint density at radius 3 is 2.45 bits per heavy atom. The third-order valence-electron chi connectivity index (χ3n) is 13.2. The van der Waals surface area contributed by atoms with Crippen LogP contribution < -0.4 is 20.5 Å². The Labute approximate surface area is 344 Å². The first-order chi connectivity index (χ1) is 28.1. The number of nitrogens with one attached hydrogen (secondary N) is 1. The van der Waals surface area contributed by atoms with Crippen LogP contribution in [0, 0.1) is 23.7 Å². The van der Waals surface area contributed by atoms with Gasteiger partial charge in [-0.15, -0.1) is 0 Å². The number of carboxylic acid groups (broad SMARTS) is 1. The maximum atomic E-state index is 14.4. The van der Waals surface area contributed by atoms with E-state index in [1.807, 2.05) is 18.2 Å². The quantitative estimate of drug-likeness (QED) is 0.140. The van der Waals surface area contributed by atoms with E-state index in [4.69, 9.17) is 41.3 Å². The lowest BCUT2D eigenvalue weighted by molar-refractivity contribution is -0.139. The zero-order valence-electron chi connectivity index (χ0n) is 33.3. The Bertz CT molecular complexity index is 1830. The number of nitrogens with zero attached hydrogens (tertiary/aromatic N) is 3. The van der Waals surface area contributed by atoms with Gasteiger partial charge in [0.1, 0.15) is 47.4 Å². The Morgan fingerprint density at radius 1 is 0.966 bits per heavy atom. The van der Waals surface area contributed by atoms with Crippen molar-refractivity contribution in [1.82, 2.24) is 20.1 Å². The highest BCUT2D eigenvalue weighted by atomic mass is 35.5. The number of unbranched alkanes of at least 4 members (excludes halogenated alkanes) is 4. The van der Waals surface area contributed by atoms with E-state index >= 15 is 0 Å². The van der Waals surface area contributed by atoms with Crippen molar-refractivity contribution in [3.63, 3.8) is 0 Å². The topological polar surface area (TPSA) is 183 Å². The number of morpholine rings is 1. The molecule has 4 N–H and O–H groups in total. The molecule has 8 rings (SSSR count). The number of fused-ring (bicyclic) bond motifs is 2. The van der Waals surface area contributed by atoms with Crippen molar-refractivity contribution in [1.29, 1.82) is 0 Å². The monoisotopic (exact) mass is 823 g/mol. The van der Waals surface area contributed by atoms with Crippen molar-refractivity contribution in [2.45, 2.75) is 120 Å². The van der Waals surface area contributed by atoms with Crippen LogP contribution in [-0.2, 0) is 23.9 Å².